The van der Waals surface area contributed by atoms with Crippen molar-refractivity contribution >= 4 is 11.8 Å². The number of hydrogen-bond donors (Lipinski definition) is 1. The Morgan fingerprint density at radius 2 is 2.08 bits per heavy atom. The minimum Gasteiger partial charge on any atom is -0.497 e. The normalized spacial score (nSPS) is 23.5. The van der Waals surface area contributed by atoms with E-state index in [1.165, 1.54) is 6.42 Å². The van der Waals surface area contributed by atoms with Crippen LogP contribution >= 0.6 is 0 Å². The number of methoxy groups -OCH3 is 2. The Bertz CT molecular complexity index is 644. The molecule has 2 amide bonds. The van der Waals surface area contributed by atoms with Gasteiger partial charge < -0.3 is 19.7 Å². The van der Waals surface area contributed by atoms with Crippen molar-refractivity contribution in [2.75, 3.05) is 27.4 Å². The molecule has 0 unspecified atom stereocenters. The van der Waals surface area contributed by atoms with Crippen LogP contribution in [0.15, 0.2) is 24.3 Å². The summed E-state index contributed by atoms with van der Waals surface area (Å²) in [6, 6.07) is 7.67. The Morgan fingerprint density at radius 3 is 2.73 bits per heavy atom. The molecular weight excluding hydrogens is 332 g/mol. The summed E-state index contributed by atoms with van der Waals surface area (Å²) in [5.41, 5.74) is 0.933. The molecule has 1 aliphatic heterocycles. The van der Waals surface area contributed by atoms with Crippen LogP contribution in [-0.4, -0.2) is 50.1 Å². The Labute approximate surface area is 154 Å². The fourth-order valence-electron chi connectivity index (χ4n) is 3.78. The third-order valence-corrected chi connectivity index (χ3v) is 5.47. The number of rotatable bonds is 7. The van der Waals surface area contributed by atoms with E-state index in [0.717, 1.165) is 24.2 Å². The lowest BCUT2D eigenvalue weighted by molar-refractivity contribution is -0.144. The predicted octanol–water partition coefficient (Wildman–Crippen LogP) is 2.29. The van der Waals surface area contributed by atoms with Gasteiger partial charge in [-0.3, -0.25) is 9.59 Å². The van der Waals surface area contributed by atoms with E-state index in [0.29, 0.717) is 32.0 Å². The molecule has 26 heavy (non-hydrogen) atoms. The van der Waals surface area contributed by atoms with Crippen molar-refractivity contribution in [1.29, 1.82) is 0 Å². The molecule has 142 valence electrons. The highest BCUT2D eigenvalue weighted by Gasteiger charge is 2.41. The first kappa shape index (κ1) is 18.7. The van der Waals surface area contributed by atoms with Crippen molar-refractivity contribution in [1.82, 2.24) is 10.2 Å². The van der Waals surface area contributed by atoms with E-state index >= 15 is 0 Å². The van der Waals surface area contributed by atoms with Crippen molar-refractivity contribution in [2.45, 2.75) is 44.2 Å². The minimum atomic E-state index is -0.290. The second-order valence-electron chi connectivity index (χ2n) is 7.08. The average Bonchev–Trinajstić information content (AvgIpc) is 2.63. The first-order valence-corrected chi connectivity index (χ1v) is 9.36. The molecule has 1 saturated heterocycles. The summed E-state index contributed by atoms with van der Waals surface area (Å²) < 4.78 is 10.5. The number of piperidine rings is 1. The van der Waals surface area contributed by atoms with E-state index in [2.05, 4.69) is 5.32 Å². The lowest BCUT2D eigenvalue weighted by Gasteiger charge is -2.41. The van der Waals surface area contributed by atoms with E-state index in [1.807, 2.05) is 24.3 Å². The Hall–Kier alpha value is -2.08. The molecular formula is C20H28N2O4. The maximum absolute atomic E-state index is 13.0. The van der Waals surface area contributed by atoms with Gasteiger partial charge in [0.2, 0.25) is 11.8 Å². The molecule has 0 bridgehead atoms. The third kappa shape index (κ3) is 4.01. The summed E-state index contributed by atoms with van der Waals surface area (Å²) in [6.45, 7) is 0.924. The van der Waals surface area contributed by atoms with Crippen molar-refractivity contribution in [3.05, 3.63) is 29.8 Å². The van der Waals surface area contributed by atoms with Crippen LogP contribution in [0, 0.1) is 5.92 Å². The molecule has 2 aliphatic rings. The zero-order valence-corrected chi connectivity index (χ0v) is 15.6. The average molecular weight is 360 g/mol. The summed E-state index contributed by atoms with van der Waals surface area (Å²) in [5, 5.41) is 3.17. The lowest BCUT2D eigenvalue weighted by Crippen LogP contribution is -2.51. The number of carbonyl (C=O) groups excluding carboxylic acids is 2. The molecule has 6 nitrogen and oxygen atoms in total. The van der Waals surface area contributed by atoms with Gasteiger partial charge in [-0.1, -0.05) is 12.1 Å². The van der Waals surface area contributed by atoms with Crippen LogP contribution in [0.3, 0.4) is 0 Å². The molecule has 1 aliphatic carbocycles. The van der Waals surface area contributed by atoms with E-state index in [1.54, 1.807) is 19.1 Å². The molecule has 0 radical (unpaired) electrons. The van der Waals surface area contributed by atoms with Gasteiger partial charge >= 0.3 is 0 Å². The van der Waals surface area contributed by atoms with Crippen molar-refractivity contribution < 1.29 is 19.1 Å². The molecule has 2 atom stereocenters. The quantitative estimate of drug-likeness (QED) is 0.810. The summed E-state index contributed by atoms with van der Waals surface area (Å²) >= 11 is 0. The van der Waals surface area contributed by atoms with Crippen LogP contribution in [0.5, 0.6) is 5.75 Å². The number of amides is 2. The molecule has 1 aromatic rings. The number of benzene rings is 1. The van der Waals surface area contributed by atoms with E-state index in [-0.39, 0.29) is 23.8 Å². The maximum atomic E-state index is 13.0. The van der Waals surface area contributed by atoms with Gasteiger partial charge in [-0.2, -0.15) is 0 Å². The Balaban J connectivity index is 1.89. The number of carbonyl (C=O) groups is 2. The molecule has 1 N–H and O–H groups in total. The maximum Gasteiger partial charge on any atom is 0.225 e. The van der Waals surface area contributed by atoms with Crippen molar-refractivity contribution in [2.24, 2.45) is 5.92 Å². The highest BCUT2D eigenvalue weighted by molar-refractivity contribution is 5.85. The zero-order valence-electron chi connectivity index (χ0n) is 15.6. The smallest absolute Gasteiger partial charge is 0.225 e. The summed E-state index contributed by atoms with van der Waals surface area (Å²) in [5.74, 6) is 0.600. The highest BCUT2D eigenvalue weighted by Crippen LogP contribution is 2.38. The molecule has 0 spiro atoms. The molecule has 2 fully saturated rings. The fourth-order valence-corrected chi connectivity index (χ4v) is 3.78. The lowest BCUT2D eigenvalue weighted by atomic mass is 9.82. The van der Waals surface area contributed by atoms with Crippen LogP contribution in [0.2, 0.25) is 0 Å². The third-order valence-electron chi connectivity index (χ3n) is 5.47. The SMILES string of the molecule is COCCN1C(=O)CC[C@@H](C(=O)NC2CCC2)[C@@H]1c1cccc(OC)c1. The van der Waals surface area contributed by atoms with Gasteiger partial charge in [-0.15, -0.1) is 0 Å². The monoisotopic (exact) mass is 360 g/mol. The first-order chi connectivity index (χ1) is 12.6. The molecule has 1 saturated carbocycles. The van der Waals surface area contributed by atoms with E-state index in [9.17, 15) is 9.59 Å². The predicted molar refractivity (Wildman–Crippen MR) is 97.8 cm³/mol. The van der Waals surface area contributed by atoms with E-state index in [4.69, 9.17) is 9.47 Å². The number of likely N-dealkylation sites (tertiary alicyclic amines) is 1. The van der Waals surface area contributed by atoms with Gasteiger partial charge in [0, 0.05) is 26.1 Å². The molecule has 1 heterocycles. The van der Waals surface area contributed by atoms with Crippen molar-refractivity contribution in [3.63, 3.8) is 0 Å². The van der Waals surface area contributed by atoms with Gasteiger partial charge in [-0.05, 0) is 43.4 Å². The number of hydrogen-bond acceptors (Lipinski definition) is 4. The highest BCUT2D eigenvalue weighted by atomic mass is 16.5. The van der Waals surface area contributed by atoms with Gasteiger partial charge in [0.1, 0.15) is 5.75 Å². The van der Waals surface area contributed by atoms with Gasteiger partial charge in [0.05, 0.1) is 25.7 Å². The number of nitrogens with zero attached hydrogens (tertiary/aromatic N) is 1. The Morgan fingerprint density at radius 1 is 1.27 bits per heavy atom. The van der Waals surface area contributed by atoms with Crippen LogP contribution < -0.4 is 10.1 Å². The Kier molecular flexibility index (Phi) is 6.14. The van der Waals surface area contributed by atoms with Crippen LogP contribution in [0.4, 0.5) is 0 Å². The molecule has 3 rings (SSSR count). The summed E-state index contributed by atoms with van der Waals surface area (Å²) in [6.07, 6.45) is 4.24. The largest absolute Gasteiger partial charge is 0.497 e. The van der Waals surface area contributed by atoms with Crippen LogP contribution in [0.25, 0.3) is 0 Å². The molecule has 0 aromatic heterocycles. The first-order valence-electron chi connectivity index (χ1n) is 9.36. The summed E-state index contributed by atoms with van der Waals surface area (Å²) in [4.78, 5) is 27.4. The van der Waals surface area contributed by atoms with Gasteiger partial charge in [0.15, 0.2) is 0 Å². The zero-order chi connectivity index (χ0) is 18.5. The van der Waals surface area contributed by atoms with Crippen LogP contribution in [-0.2, 0) is 14.3 Å². The van der Waals surface area contributed by atoms with E-state index < -0.39 is 0 Å². The molecule has 6 heteroatoms. The number of nitrogens with one attached hydrogen (secondary N) is 1. The summed E-state index contributed by atoms with van der Waals surface area (Å²) in [7, 11) is 3.24. The fraction of sp³-hybridized carbons (Fsp3) is 0.600. The van der Waals surface area contributed by atoms with Crippen molar-refractivity contribution in [3.8, 4) is 5.75 Å². The second kappa shape index (κ2) is 8.54. The minimum absolute atomic E-state index is 0.0532. The topological polar surface area (TPSA) is 67.9 Å². The van der Waals surface area contributed by atoms with Gasteiger partial charge in [-0.25, -0.2) is 0 Å². The number of ether oxygens (including phenoxy) is 2. The second-order valence-corrected chi connectivity index (χ2v) is 7.08. The van der Waals surface area contributed by atoms with Crippen LogP contribution in [0.1, 0.15) is 43.7 Å². The molecule has 1 aromatic carbocycles. The van der Waals surface area contributed by atoms with Gasteiger partial charge in [0.25, 0.3) is 0 Å². The standard InChI is InChI=1S/C20H28N2O4/c1-25-12-11-22-18(23)10-9-17(20(24)21-15-6-4-7-15)19(22)14-5-3-8-16(13-14)26-2/h3,5,8,13,15,17,19H,4,6-7,9-12H2,1-2H3,(H,21,24)/t17-,19+/m1/s1.